The Morgan fingerprint density at radius 3 is 3.00 bits per heavy atom. The van der Waals surface area contributed by atoms with Crippen LogP contribution >= 0.6 is 0 Å². The van der Waals surface area contributed by atoms with Crippen LogP contribution in [0.2, 0.25) is 0 Å². The van der Waals surface area contributed by atoms with Gasteiger partial charge in [0.05, 0.1) is 6.20 Å². The molecule has 0 N–H and O–H groups in total. The number of pyridine rings is 1. The van der Waals surface area contributed by atoms with E-state index in [9.17, 15) is 9.18 Å². The summed E-state index contributed by atoms with van der Waals surface area (Å²) in [5.74, 6) is -0.767. The molecule has 0 atom stereocenters. The zero-order valence-electron chi connectivity index (χ0n) is 7.29. The zero-order chi connectivity index (χ0) is 9.68. The van der Waals surface area contributed by atoms with E-state index < -0.39 is 5.82 Å². The zero-order valence-corrected chi connectivity index (χ0v) is 7.29. The minimum Gasteiger partial charge on any atom is -0.374 e. The van der Waals surface area contributed by atoms with Gasteiger partial charge in [-0.25, -0.2) is 4.39 Å². The van der Waals surface area contributed by atoms with E-state index in [1.165, 1.54) is 6.20 Å². The van der Waals surface area contributed by atoms with Crippen molar-refractivity contribution in [1.29, 1.82) is 0 Å². The second-order valence-corrected chi connectivity index (χ2v) is 2.45. The van der Waals surface area contributed by atoms with Crippen LogP contribution in [0.5, 0.6) is 0 Å². The van der Waals surface area contributed by atoms with E-state index in [1.54, 1.807) is 6.92 Å². The fraction of sp³-hybridized carbons (Fsp3) is 0.333. The molecule has 0 saturated carbocycles. The van der Waals surface area contributed by atoms with Gasteiger partial charge in [0.15, 0.2) is 5.78 Å². The second kappa shape index (κ2) is 4.67. The Kier molecular flexibility index (Phi) is 3.52. The number of hydrogen-bond donors (Lipinski definition) is 0. The Labute approximate surface area is 75.6 Å². The van der Waals surface area contributed by atoms with Crippen LogP contribution in [0.25, 0.3) is 0 Å². The Morgan fingerprint density at radius 2 is 2.38 bits per heavy atom. The fourth-order valence-corrected chi connectivity index (χ4v) is 0.842. The first kappa shape index (κ1) is 9.80. The summed E-state index contributed by atoms with van der Waals surface area (Å²) >= 11 is 0. The quantitative estimate of drug-likeness (QED) is 0.663. The number of Topliss-reactive ketones (excluding diaryl/α,β-unsaturated/α-hetero) is 1. The van der Waals surface area contributed by atoms with Crippen molar-refractivity contribution in [2.75, 3.05) is 13.2 Å². The predicted molar refractivity (Wildman–Crippen MR) is 45.0 cm³/mol. The molecule has 1 aromatic rings. The van der Waals surface area contributed by atoms with Crippen molar-refractivity contribution in [2.24, 2.45) is 0 Å². The third kappa shape index (κ3) is 2.91. The number of carbonyl (C=O) groups excluding carboxylic acids is 1. The highest BCUT2D eigenvalue weighted by Crippen LogP contribution is 2.01. The first-order valence-electron chi connectivity index (χ1n) is 3.95. The van der Waals surface area contributed by atoms with E-state index in [0.29, 0.717) is 6.61 Å². The lowest BCUT2D eigenvalue weighted by Crippen LogP contribution is -2.09. The molecule has 0 unspecified atom stereocenters. The molecule has 3 nitrogen and oxygen atoms in total. The number of hydrogen-bond acceptors (Lipinski definition) is 3. The molecule has 0 spiro atoms. The van der Waals surface area contributed by atoms with E-state index in [4.69, 9.17) is 4.74 Å². The number of carbonyl (C=O) groups is 1. The molecular formula is C9H10FNO2. The molecule has 0 aliphatic carbocycles. The maximum atomic E-state index is 12.6. The van der Waals surface area contributed by atoms with Crippen LogP contribution in [0, 0.1) is 5.82 Å². The summed E-state index contributed by atoms with van der Waals surface area (Å²) in [6.07, 6.45) is 2.38. The molecule has 1 aromatic heterocycles. The Hall–Kier alpha value is -1.29. The summed E-state index contributed by atoms with van der Waals surface area (Å²) in [4.78, 5) is 14.8. The molecule has 0 radical (unpaired) electrons. The summed E-state index contributed by atoms with van der Waals surface area (Å²) in [6.45, 7) is 2.23. The van der Waals surface area contributed by atoms with Crippen molar-refractivity contribution >= 4 is 5.78 Å². The van der Waals surface area contributed by atoms with Gasteiger partial charge in [-0.1, -0.05) is 0 Å². The molecule has 0 aliphatic heterocycles. The van der Waals surface area contributed by atoms with E-state index >= 15 is 0 Å². The van der Waals surface area contributed by atoms with Crippen molar-refractivity contribution in [1.82, 2.24) is 4.98 Å². The SMILES string of the molecule is CCOCC(=O)c1cncc(F)c1. The number of nitrogens with zero attached hydrogens (tertiary/aromatic N) is 1. The van der Waals surface area contributed by atoms with Crippen molar-refractivity contribution in [2.45, 2.75) is 6.92 Å². The summed E-state index contributed by atoms with van der Waals surface area (Å²) in [7, 11) is 0. The predicted octanol–water partition coefficient (Wildman–Crippen LogP) is 1.44. The molecule has 0 saturated heterocycles. The van der Waals surface area contributed by atoms with Gasteiger partial charge < -0.3 is 4.74 Å². The van der Waals surface area contributed by atoms with Crippen LogP contribution in [0.3, 0.4) is 0 Å². The summed E-state index contributed by atoms with van der Waals surface area (Å²) in [5.41, 5.74) is 0.244. The maximum Gasteiger partial charge on any atom is 0.190 e. The number of halogens is 1. The standard InChI is InChI=1S/C9H10FNO2/c1-2-13-6-9(12)7-3-8(10)5-11-4-7/h3-5H,2,6H2,1H3. The molecule has 0 aliphatic rings. The van der Waals surface area contributed by atoms with Gasteiger partial charge in [-0.05, 0) is 13.0 Å². The molecular weight excluding hydrogens is 173 g/mol. The molecule has 0 fully saturated rings. The van der Waals surface area contributed by atoms with Crippen molar-refractivity contribution in [3.8, 4) is 0 Å². The maximum absolute atomic E-state index is 12.6. The minimum atomic E-state index is -0.512. The smallest absolute Gasteiger partial charge is 0.190 e. The molecule has 70 valence electrons. The lowest BCUT2D eigenvalue weighted by Gasteiger charge is -1.99. The Balaban J connectivity index is 2.66. The van der Waals surface area contributed by atoms with Gasteiger partial charge in [0, 0.05) is 18.4 Å². The number of rotatable bonds is 4. The average molecular weight is 183 g/mol. The average Bonchev–Trinajstić information content (AvgIpc) is 2.14. The van der Waals surface area contributed by atoms with Crippen molar-refractivity contribution < 1.29 is 13.9 Å². The highest BCUT2D eigenvalue weighted by Gasteiger charge is 2.06. The van der Waals surface area contributed by atoms with Crippen LogP contribution in [0.1, 0.15) is 17.3 Å². The minimum absolute atomic E-state index is 0.0262. The van der Waals surface area contributed by atoms with E-state index in [-0.39, 0.29) is 18.0 Å². The third-order valence-corrected chi connectivity index (χ3v) is 1.46. The van der Waals surface area contributed by atoms with Crippen molar-refractivity contribution in [3.63, 3.8) is 0 Å². The van der Waals surface area contributed by atoms with Crippen LogP contribution < -0.4 is 0 Å². The summed E-state index contributed by atoms with van der Waals surface area (Å²) in [6, 6.07) is 1.15. The first-order valence-corrected chi connectivity index (χ1v) is 3.95. The van der Waals surface area contributed by atoms with Crippen LogP contribution in [0.15, 0.2) is 18.5 Å². The number of aromatic nitrogens is 1. The highest BCUT2D eigenvalue weighted by atomic mass is 19.1. The monoisotopic (exact) mass is 183 g/mol. The van der Waals surface area contributed by atoms with E-state index in [2.05, 4.69) is 4.98 Å². The molecule has 1 rings (SSSR count). The van der Waals surface area contributed by atoms with Gasteiger partial charge in [0.25, 0.3) is 0 Å². The molecule has 0 bridgehead atoms. The van der Waals surface area contributed by atoms with E-state index in [1.807, 2.05) is 0 Å². The van der Waals surface area contributed by atoms with Crippen molar-refractivity contribution in [3.05, 3.63) is 29.8 Å². The molecule has 13 heavy (non-hydrogen) atoms. The molecule has 0 aromatic carbocycles. The van der Waals surface area contributed by atoms with Crippen LogP contribution in [-0.4, -0.2) is 24.0 Å². The van der Waals surface area contributed by atoms with E-state index in [0.717, 1.165) is 12.3 Å². The number of ether oxygens (including phenoxy) is 1. The largest absolute Gasteiger partial charge is 0.374 e. The number of ketones is 1. The normalized spacial score (nSPS) is 10.0. The fourth-order valence-electron chi connectivity index (χ4n) is 0.842. The van der Waals surface area contributed by atoms with Gasteiger partial charge in [0.1, 0.15) is 12.4 Å². The molecule has 1 heterocycles. The second-order valence-electron chi connectivity index (χ2n) is 2.45. The van der Waals surface area contributed by atoms with Gasteiger partial charge >= 0.3 is 0 Å². The highest BCUT2D eigenvalue weighted by molar-refractivity contribution is 5.96. The van der Waals surface area contributed by atoms with Gasteiger partial charge in [-0.15, -0.1) is 0 Å². The molecule has 4 heteroatoms. The Morgan fingerprint density at radius 1 is 1.62 bits per heavy atom. The summed E-state index contributed by atoms with van der Waals surface area (Å²) < 4.78 is 17.5. The first-order chi connectivity index (χ1) is 6.24. The molecule has 0 amide bonds. The third-order valence-electron chi connectivity index (χ3n) is 1.46. The Bertz CT molecular complexity index is 301. The van der Waals surface area contributed by atoms with Crippen LogP contribution in [0.4, 0.5) is 4.39 Å². The lowest BCUT2D eigenvalue weighted by atomic mass is 10.2. The topological polar surface area (TPSA) is 39.2 Å². The van der Waals surface area contributed by atoms with Gasteiger partial charge in [0.2, 0.25) is 0 Å². The van der Waals surface area contributed by atoms with Crippen LogP contribution in [-0.2, 0) is 4.74 Å². The lowest BCUT2D eigenvalue weighted by molar-refractivity contribution is 0.0782. The van der Waals surface area contributed by atoms with Gasteiger partial charge in [-0.2, -0.15) is 0 Å². The summed E-state index contributed by atoms with van der Waals surface area (Å²) in [5, 5.41) is 0. The van der Waals surface area contributed by atoms with Gasteiger partial charge in [-0.3, -0.25) is 9.78 Å².